The summed E-state index contributed by atoms with van der Waals surface area (Å²) in [6.07, 6.45) is 5.84. The van der Waals surface area contributed by atoms with Gasteiger partial charge in [0.25, 0.3) is 0 Å². The van der Waals surface area contributed by atoms with Gasteiger partial charge in [-0.2, -0.15) is 0 Å². The summed E-state index contributed by atoms with van der Waals surface area (Å²) < 4.78 is 10.2. The van der Waals surface area contributed by atoms with Gasteiger partial charge in [-0.05, 0) is 31.2 Å². The second-order valence-corrected chi connectivity index (χ2v) is 8.00. The summed E-state index contributed by atoms with van der Waals surface area (Å²) in [6.45, 7) is 7.11. The summed E-state index contributed by atoms with van der Waals surface area (Å²) in [7, 11) is 1.39. The van der Waals surface area contributed by atoms with Gasteiger partial charge < -0.3 is 9.15 Å². The second-order valence-electron chi connectivity index (χ2n) is 8.00. The van der Waals surface area contributed by atoms with E-state index in [2.05, 4.69) is 18.7 Å². The summed E-state index contributed by atoms with van der Waals surface area (Å²) in [5.74, 6) is -0.406. The van der Waals surface area contributed by atoms with Gasteiger partial charge >= 0.3 is 5.97 Å². The summed E-state index contributed by atoms with van der Waals surface area (Å²) in [5.41, 5.74) is 0.525. The third-order valence-corrected chi connectivity index (χ3v) is 5.77. The van der Waals surface area contributed by atoms with Gasteiger partial charge in [0, 0.05) is 31.6 Å². The van der Waals surface area contributed by atoms with Crippen molar-refractivity contribution in [2.45, 2.75) is 51.6 Å². The zero-order chi connectivity index (χ0) is 19.4. The van der Waals surface area contributed by atoms with Gasteiger partial charge in [0.05, 0.1) is 37.7 Å². The Labute approximate surface area is 160 Å². The summed E-state index contributed by atoms with van der Waals surface area (Å²) in [4.78, 5) is 33.3. The van der Waals surface area contributed by atoms with E-state index in [1.807, 2.05) is 6.07 Å². The number of ether oxygens (including phenoxy) is 1. The molecule has 1 spiro atoms. The number of methoxy groups -OCH3 is 1. The third-order valence-electron chi connectivity index (χ3n) is 5.77. The lowest BCUT2D eigenvalue weighted by molar-refractivity contribution is -0.224. The van der Waals surface area contributed by atoms with Crippen LogP contribution < -0.4 is 0 Å². The van der Waals surface area contributed by atoms with E-state index in [1.165, 1.54) is 12.2 Å². The number of esters is 1. The van der Waals surface area contributed by atoms with Crippen molar-refractivity contribution in [3.8, 4) is 0 Å². The Bertz CT molecular complexity index is 635. The van der Waals surface area contributed by atoms with Crippen LogP contribution in [0.3, 0.4) is 0 Å². The Morgan fingerprint density at radius 2 is 2.11 bits per heavy atom. The number of hydrogen-bond donors (Lipinski definition) is 0. The van der Waals surface area contributed by atoms with Crippen molar-refractivity contribution in [2.24, 2.45) is 11.8 Å². The molecule has 150 valence electrons. The van der Waals surface area contributed by atoms with Gasteiger partial charge in [-0.3, -0.25) is 19.3 Å². The zero-order valence-electron chi connectivity index (χ0n) is 16.5. The van der Waals surface area contributed by atoms with E-state index in [0.717, 1.165) is 31.6 Å². The van der Waals surface area contributed by atoms with Crippen molar-refractivity contribution in [1.29, 1.82) is 0 Å². The topological polar surface area (TPSA) is 72.2 Å². The molecule has 0 aliphatic carbocycles. The molecule has 1 aromatic heterocycles. The molecule has 0 aromatic carbocycles. The quantitative estimate of drug-likeness (QED) is 0.679. The van der Waals surface area contributed by atoms with Crippen LogP contribution in [0.1, 0.15) is 45.1 Å². The van der Waals surface area contributed by atoms with Crippen LogP contribution in [0, 0.1) is 11.8 Å². The van der Waals surface area contributed by atoms with Crippen molar-refractivity contribution in [1.82, 2.24) is 9.96 Å². The molecule has 0 radical (unpaired) electrons. The van der Waals surface area contributed by atoms with Gasteiger partial charge in [-0.1, -0.05) is 13.8 Å². The van der Waals surface area contributed by atoms with Gasteiger partial charge in [0.15, 0.2) is 0 Å². The predicted octanol–water partition coefficient (Wildman–Crippen LogP) is 2.61. The molecule has 1 amide bonds. The van der Waals surface area contributed by atoms with Crippen LogP contribution in [-0.4, -0.2) is 54.2 Å². The van der Waals surface area contributed by atoms with E-state index in [9.17, 15) is 9.59 Å². The third kappa shape index (κ3) is 4.19. The maximum absolute atomic E-state index is 12.7. The fourth-order valence-corrected chi connectivity index (χ4v) is 4.15. The number of hydrogen-bond acceptors (Lipinski definition) is 6. The Balaban J connectivity index is 1.72. The molecule has 1 unspecified atom stereocenters. The molecule has 3 rings (SSSR count). The van der Waals surface area contributed by atoms with Crippen LogP contribution in [0.5, 0.6) is 0 Å². The fraction of sp³-hybridized carbons (Fsp3) is 0.700. The van der Waals surface area contributed by atoms with Crippen molar-refractivity contribution >= 4 is 11.9 Å². The molecule has 2 fully saturated rings. The highest BCUT2D eigenvalue weighted by Gasteiger charge is 2.58. The highest BCUT2D eigenvalue weighted by molar-refractivity contribution is 5.88. The minimum absolute atomic E-state index is 0.113. The molecule has 1 atom stereocenters. The lowest BCUT2D eigenvalue weighted by atomic mass is 9.77. The summed E-state index contributed by atoms with van der Waals surface area (Å²) >= 11 is 0. The molecule has 1 aromatic rings. The van der Waals surface area contributed by atoms with Crippen LogP contribution in [0.25, 0.3) is 0 Å². The van der Waals surface area contributed by atoms with Crippen LogP contribution in [0.2, 0.25) is 0 Å². The first-order valence-electron chi connectivity index (χ1n) is 9.73. The molecule has 2 saturated heterocycles. The number of amides is 1. The van der Waals surface area contributed by atoms with E-state index in [0.29, 0.717) is 25.4 Å². The Hall–Kier alpha value is -1.86. The van der Waals surface area contributed by atoms with E-state index in [4.69, 9.17) is 14.0 Å². The molecule has 2 aliphatic heterocycles. The van der Waals surface area contributed by atoms with Crippen molar-refractivity contribution < 1.29 is 23.6 Å². The maximum atomic E-state index is 12.7. The maximum Gasteiger partial charge on any atom is 0.311 e. The van der Waals surface area contributed by atoms with Crippen molar-refractivity contribution in [3.63, 3.8) is 0 Å². The number of nitrogens with zero attached hydrogens (tertiary/aromatic N) is 2. The van der Waals surface area contributed by atoms with Crippen LogP contribution >= 0.6 is 0 Å². The summed E-state index contributed by atoms with van der Waals surface area (Å²) in [5, 5.41) is 1.52. The Morgan fingerprint density at radius 3 is 2.70 bits per heavy atom. The molecule has 0 saturated carbocycles. The van der Waals surface area contributed by atoms with E-state index in [-0.39, 0.29) is 18.3 Å². The molecular formula is C20H30N2O5. The fourth-order valence-electron chi connectivity index (χ4n) is 4.15. The van der Waals surface area contributed by atoms with Crippen LogP contribution in [0.4, 0.5) is 0 Å². The molecule has 27 heavy (non-hydrogen) atoms. The van der Waals surface area contributed by atoms with E-state index in [1.54, 1.807) is 12.5 Å². The first kappa shape index (κ1) is 19.9. The largest absolute Gasteiger partial charge is 0.472 e. The van der Waals surface area contributed by atoms with Gasteiger partial charge in [-0.25, -0.2) is 5.06 Å². The smallest absolute Gasteiger partial charge is 0.311 e. The average Bonchev–Trinajstić information content (AvgIpc) is 3.24. The van der Waals surface area contributed by atoms with Crippen LogP contribution in [0.15, 0.2) is 23.0 Å². The van der Waals surface area contributed by atoms with Gasteiger partial charge in [0.2, 0.25) is 5.91 Å². The predicted molar refractivity (Wildman–Crippen MR) is 98.3 cm³/mol. The lowest BCUT2D eigenvalue weighted by Crippen LogP contribution is -2.57. The summed E-state index contributed by atoms with van der Waals surface area (Å²) in [6, 6.07) is 1.96. The number of piperidine rings is 1. The Morgan fingerprint density at radius 1 is 1.37 bits per heavy atom. The van der Waals surface area contributed by atoms with Crippen molar-refractivity contribution in [2.75, 3.05) is 26.8 Å². The highest BCUT2D eigenvalue weighted by atomic mass is 16.7. The van der Waals surface area contributed by atoms with Gasteiger partial charge in [-0.15, -0.1) is 0 Å². The number of carbonyl (C=O) groups is 2. The molecular weight excluding hydrogens is 348 g/mol. The molecule has 0 N–H and O–H groups in total. The minimum Gasteiger partial charge on any atom is -0.472 e. The molecule has 7 heteroatoms. The standard InChI is InChI=1S/C20H30N2O5/c1-15(2)4-11-27-22-18(23)12-17(19(24)25-3)20(22)6-8-21(9-7-20)13-16-5-10-26-14-16/h5,10,14-15,17H,4,6-9,11-13H2,1-3H3. The van der Waals surface area contributed by atoms with Crippen molar-refractivity contribution in [3.05, 3.63) is 24.2 Å². The number of rotatable bonds is 7. The average molecular weight is 378 g/mol. The number of hydroxylamine groups is 2. The number of carbonyl (C=O) groups excluding carboxylic acids is 2. The zero-order valence-corrected chi connectivity index (χ0v) is 16.5. The lowest BCUT2D eigenvalue weighted by Gasteiger charge is -2.45. The second kappa shape index (κ2) is 8.44. The first-order valence-corrected chi connectivity index (χ1v) is 9.73. The number of furan rings is 1. The molecule has 2 aliphatic rings. The molecule has 7 nitrogen and oxygen atoms in total. The molecule has 0 bridgehead atoms. The van der Waals surface area contributed by atoms with Gasteiger partial charge in [0.1, 0.15) is 0 Å². The highest BCUT2D eigenvalue weighted by Crippen LogP contribution is 2.44. The van der Waals surface area contributed by atoms with E-state index >= 15 is 0 Å². The SMILES string of the molecule is COC(=O)C1CC(=O)N(OCCC(C)C)C12CCN(Cc1ccoc1)CC2. The Kier molecular flexibility index (Phi) is 6.22. The first-order chi connectivity index (χ1) is 13.0. The van der Waals surface area contributed by atoms with E-state index < -0.39 is 11.5 Å². The monoisotopic (exact) mass is 378 g/mol. The number of likely N-dealkylation sites (tertiary alicyclic amines) is 1. The van der Waals surface area contributed by atoms with Crippen LogP contribution in [-0.2, 0) is 25.7 Å². The minimum atomic E-state index is -0.603. The molecule has 3 heterocycles. The normalized spacial score (nSPS) is 22.7.